The maximum absolute atomic E-state index is 12.5. The first-order valence-electron chi connectivity index (χ1n) is 8.54. The molecule has 0 radical (unpaired) electrons. The lowest BCUT2D eigenvalue weighted by Gasteiger charge is -2.33. The topological polar surface area (TPSA) is 75.4 Å². The minimum absolute atomic E-state index is 0.0452. The van der Waals surface area contributed by atoms with E-state index in [-0.39, 0.29) is 17.7 Å². The summed E-state index contributed by atoms with van der Waals surface area (Å²) in [4.78, 5) is 26.8. The number of nitrogens with two attached hydrogens (primary N) is 1. The number of rotatable bonds is 5. The third kappa shape index (κ3) is 4.67. The van der Waals surface area contributed by atoms with Gasteiger partial charge in [-0.1, -0.05) is 42.5 Å². The highest BCUT2D eigenvalue weighted by molar-refractivity contribution is 5.87. The highest BCUT2D eigenvalue weighted by Gasteiger charge is 2.27. The van der Waals surface area contributed by atoms with Gasteiger partial charge in [-0.3, -0.25) is 9.59 Å². The van der Waals surface area contributed by atoms with Gasteiger partial charge in [-0.2, -0.15) is 0 Å². The number of hydrogen-bond acceptors (Lipinski definition) is 4. The van der Waals surface area contributed by atoms with Gasteiger partial charge in [0.25, 0.3) is 0 Å². The fourth-order valence-corrected chi connectivity index (χ4v) is 3.03. The Kier molecular flexibility index (Phi) is 5.46. The number of piperazine rings is 1. The second-order valence-corrected chi connectivity index (χ2v) is 6.39. The monoisotopic (exact) mass is 337 g/mol. The number of carbonyl (C=O) groups excluding carboxylic acids is 2. The van der Waals surface area contributed by atoms with Gasteiger partial charge in [0.1, 0.15) is 0 Å². The van der Waals surface area contributed by atoms with Crippen molar-refractivity contribution in [3.8, 4) is 0 Å². The summed E-state index contributed by atoms with van der Waals surface area (Å²) in [6, 6.07) is 16.7. The molecule has 0 bridgehead atoms. The molecule has 1 aliphatic heterocycles. The predicted molar refractivity (Wildman–Crippen MR) is 98.1 cm³/mol. The number of Topliss-reactive ketones (excluding diaryl/α,β-unsaturated/α-hetero) is 1. The van der Waals surface area contributed by atoms with Crippen LogP contribution in [0.1, 0.15) is 11.1 Å². The lowest BCUT2D eigenvalue weighted by atomic mass is 10.0. The summed E-state index contributed by atoms with van der Waals surface area (Å²) in [5.41, 5.74) is 8.29. The molecule has 1 atom stereocenters. The molecule has 1 amide bonds. The van der Waals surface area contributed by atoms with Gasteiger partial charge in [-0.05, 0) is 23.3 Å². The van der Waals surface area contributed by atoms with Crippen LogP contribution in [0.15, 0.2) is 54.6 Å². The van der Waals surface area contributed by atoms with E-state index in [4.69, 9.17) is 5.73 Å². The van der Waals surface area contributed by atoms with Crippen LogP contribution >= 0.6 is 0 Å². The molecule has 5 nitrogen and oxygen atoms in total. The first-order chi connectivity index (χ1) is 12.1. The average molecular weight is 337 g/mol. The molecule has 1 saturated heterocycles. The van der Waals surface area contributed by atoms with Gasteiger partial charge in [0.2, 0.25) is 5.91 Å². The molecule has 25 heavy (non-hydrogen) atoms. The normalized spacial score (nSPS) is 17.3. The Morgan fingerprint density at radius 2 is 1.68 bits per heavy atom. The Morgan fingerprint density at radius 1 is 1.00 bits per heavy atom. The molecule has 5 heteroatoms. The summed E-state index contributed by atoms with van der Waals surface area (Å²) in [5.74, 6) is 0.167. The first-order valence-corrected chi connectivity index (χ1v) is 8.54. The Bertz CT molecular complexity index is 728. The van der Waals surface area contributed by atoms with Gasteiger partial charge in [0.05, 0.1) is 12.5 Å². The van der Waals surface area contributed by atoms with Crippen LogP contribution in [0.5, 0.6) is 0 Å². The van der Waals surface area contributed by atoms with E-state index in [9.17, 15) is 9.59 Å². The number of amides is 1. The van der Waals surface area contributed by atoms with Crippen LogP contribution in [0.4, 0.5) is 5.69 Å². The van der Waals surface area contributed by atoms with Crippen LogP contribution < -0.4 is 11.1 Å². The molecule has 2 aromatic carbocycles. The molecule has 0 saturated carbocycles. The van der Waals surface area contributed by atoms with Crippen LogP contribution in [0.25, 0.3) is 0 Å². The molecule has 3 rings (SSSR count). The molecule has 1 fully saturated rings. The largest absolute Gasteiger partial charge is 0.399 e. The maximum Gasteiger partial charge on any atom is 0.227 e. The molecule has 0 aliphatic carbocycles. The number of nitrogens with zero attached hydrogens (tertiary/aromatic N) is 1. The predicted octanol–water partition coefficient (Wildman–Crippen LogP) is 1.42. The van der Waals surface area contributed by atoms with Crippen LogP contribution in [0.2, 0.25) is 0 Å². The van der Waals surface area contributed by atoms with Gasteiger partial charge in [0, 0.05) is 31.7 Å². The van der Waals surface area contributed by atoms with Crippen molar-refractivity contribution in [3.05, 3.63) is 65.7 Å². The molecule has 3 N–H and O–H groups in total. The Labute approximate surface area is 147 Å². The van der Waals surface area contributed by atoms with Crippen molar-refractivity contribution >= 4 is 17.4 Å². The van der Waals surface area contributed by atoms with E-state index in [2.05, 4.69) is 5.32 Å². The van der Waals surface area contributed by atoms with E-state index in [0.717, 1.165) is 11.1 Å². The summed E-state index contributed by atoms with van der Waals surface area (Å²) in [6.45, 7) is 1.70. The van der Waals surface area contributed by atoms with E-state index in [1.54, 1.807) is 17.0 Å². The Hall–Kier alpha value is -2.66. The van der Waals surface area contributed by atoms with Crippen molar-refractivity contribution in [1.29, 1.82) is 0 Å². The molecule has 0 aromatic heterocycles. The van der Waals surface area contributed by atoms with Crippen LogP contribution in [0, 0.1) is 0 Å². The summed E-state index contributed by atoms with van der Waals surface area (Å²) >= 11 is 0. The lowest BCUT2D eigenvalue weighted by molar-refractivity contribution is -0.133. The number of nitrogens with one attached hydrogen (secondary N) is 1. The lowest BCUT2D eigenvalue weighted by Crippen LogP contribution is -2.56. The molecular formula is C20H23N3O2. The van der Waals surface area contributed by atoms with Crippen molar-refractivity contribution < 1.29 is 9.59 Å². The zero-order valence-electron chi connectivity index (χ0n) is 14.2. The van der Waals surface area contributed by atoms with Gasteiger partial charge in [0.15, 0.2) is 5.78 Å². The highest BCUT2D eigenvalue weighted by atomic mass is 16.2. The van der Waals surface area contributed by atoms with E-state index >= 15 is 0 Å². The highest BCUT2D eigenvalue weighted by Crippen LogP contribution is 2.10. The molecule has 1 heterocycles. The standard InChI is InChI=1S/C20H23N3O2/c21-17-8-6-16(7-9-17)13-20(25)23-11-10-22-18(14-23)19(24)12-15-4-2-1-3-5-15/h1-9,18,22H,10-14,21H2. The van der Waals surface area contributed by atoms with Crippen molar-refractivity contribution in [2.45, 2.75) is 18.9 Å². The minimum atomic E-state index is -0.302. The van der Waals surface area contributed by atoms with E-state index < -0.39 is 0 Å². The smallest absolute Gasteiger partial charge is 0.227 e. The molecule has 1 unspecified atom stereocenters. The number of anilines is 1. The molecule has 1 aliphatic rings. The van der Waals surface area contributed by atoms with E-state index in [1.807, 2.05) is 42.5 Å². The first kappa shape index (κ1) is 17.2. The second kappa shape index (κ2) is 7.94. The van der Waals surface area contributed by atoms with E-state index in [0.29, 0.717) is 38.2 Å². The Morgan fingerprint density at radius 3 is 2.40 bits per heavy atom. The third-order valence-corrected chi connectivity index (χ3v) is 4.47. The summed E-state index contributed by atoms with van der Waals surface area (Å²) < 4.78 is 0. The van der Waals surface area contributed by atoms with Crippen molar-refractivity contribution in [1.82, 2.24) is 10.2 Å². The van der Waals surface area contributed by atoms with Crippen LogP contribution in [-0.2, 0) is 22.4 Å². The summed E-state index contributed by atoms with van der Waals surface area (Å²) in [7, 11) is 0. The number of benzene rings is 2. The summed E-state index contributed by atoms with van der Waals surface area (Å²) in [5, 5.41) is 3.24. The van der Waals surface area contributed by atoms with Gasteiger partial charge >= 0.3 is 0 Å². The fourth-order valence-electron chi connectivity index (χ4n) is 3.03. The fraction of sp³-hybridized carbons (Fsp3) is 0.300. The van der Waals surface area contributed by atoms with Crippen LogP contribution in [-0.4, -0.2) is 42.3 Å². The van der Waals surface area contributed by atoms with Gasteiger partial charge in [-0.25, -0.2) is 0 Å². The Balaban J connectivity index is 1.57. The molecule has 130 valence electrons. The third-order valence-electron chi connectivity index (χ3n) is 4.47. The van der Waals surface area contributed by atoms with Gasteiger partial charge < -0.3 is 16.0 Å². The number of hydrogen-bond donors (Lipinski definition) is 2. The summed E-state index contributed by atoms with van der Waals surface area (Å²) in [6.07, 6.45) is 0.721. The van der Waals surface area contributed by atoms with Gasteiger partial charge in [-0.15, -0.1) is 0 Å². The zero-order chi connectivity index (χ0) is 17.6. The van der Waals surface area contributed by atoms with Crippen molar-refractivity contribution in [2.24, 2.45) is 0 Å². The van der Waals surface area contributed by atoms with Crippen molar-refractivity contribution in [2.75, 3.05) is 25.4 Å². The number of ketones is 1. The van der Waals surface area contributed by atoms with E-state index in [1.165, 1.54) is 0 Å². The molecular weight excluding hydrogens is 314 g/mol. The SMILES string of the molecule is Nc1ccc(CC(=O)N2CCNC(C(=O)Cc3ccccc3)C2)cc1. The maximum atomic E-state index is 12.5. The quantitative estimate of drug-likeness (QED) is 0.809. The zero-order valence-corrected chi connectivity index (χ0v) is 14.2. The van der Waals surface area contributed by atoms with Crippen molar-refractivity contribution in [3.63, 3.8) is 0 Å². The minimum Gasteiger partial charge on any atom is -0.399 e. The second-order valence-electron chi connectivity index (χ2n) is 6.39. The van der Waals surface area contributed by atoms with Crippen LogP contribution in [0.3, 0.4) is 0 Å². The number of nitrogen functional groups attached to an aromatic ring is 1. The average Bonchev–Trinajstić information content (AvgIpc) is 2.64. The molecule has 2 aromatic rings. The number of carbonyl (C=O) groups is 2. The molecule has 0 spiro atoms.